The lowest BCUT2D eigenvalue weighted by molar-refractivity contribution is 0.269. The van der Waals surface area contributed by atoms with Gasteiger partial charge in [-0.15, -0.1) is 0 Å². The van der Waals surface area contributed by atoms with E-state index in [1.807, 2.05) is 20.8 Å². The number of imidazole rings is 1. The number of nitrogens with zero attached hydrogens (tertiary/aromatic N) is 3. The van der Waals surface area contributed by atoms with E-state index in [1.54, 1.807) is 17.0 Å². The van der Waals surface area contributed by atoms with Crippen LogP contribution in [0.15, 0.2) is 17.2 Å². The van der Waals surface area contributed by atoms with Gasteiger partial charge in [0.1, 0.15) is 12.4 Å². The van der Waals surface area contributed by atoms with Crippen LogP contribution in [0.3, 0.4) is 0 Å². The van der Waals surface area contributed by atoms with Gasteiger partial charge in [-0.25, -0.2) is 9.97 Å². The van der Waals surface area contributed by atoms with E-state index in [9.17, 15) is 4.79 Å². The number of aryl methyl sites for hydroxylation is 1. The number of aliphatic hydroxyl groups excluding tert-OH is 1. The fourth-order valence-corrected chi connectivity index (χ4v) is 2.02. The number of aromatic nitrogens is 4. The minimum Gasteiger partial charge on any atom is -0.388 e. The molecule has 0 saturated heterocycles. The zero-order valence-electron chi connectivity index (χ0n) is 10.6. The summed E-state index contributed by atoms with van der Waals surface area (Å²) in [5.74, 6) is 0.939. The minimum absolute atomic E-state index is 0.121. The fraction of sp³-hybridized carbons (Fsp3) is 0.417. The Labute approximate surface area is 104 Å². The van der Waals surface area contributed by atoms with Gasteiger partial charge in [-0.2, -0.15) is 0 Å². The summed E-state index contributed by atoms with van der Waals surface area (Å²) >= 11 is 0. The average molecular weight is 248 g/mol. The SMILES string of the molecule is Cc1nc(-n2ccnc2CO)[nH]c(=O)c1C(C)C. The van der Waals surface area contributed by atoms with Crippen LogP contribution >= 0.6 is 0 Å². The largest absolute Gasteiger partial charge is 0.388 e. The third-order valence-corrected chi connectivity index (χ3v) is 2.80. The van der Waals surface area contributed by atoms with Gasteiger partial charge in [0.05, 0.1) is 5.69 Å². The summed E-state index contributed by atoms with van der Waals surface area (Å²) in [6.45, 7) is 5.51. The van der Waals surface area contributed by atoms with Gasteiger partial charge in [0.25, 0.3) is 5.56 Å². The number of aromatic amines is 1. The van der Waals surface area contributed by atoms with E-state index < -0.39 is 0 Å². The number of aliphatic hydroxyl groups is 1. The molecule has 0 radical (unpaired) electrons. The standard InChI is InChI=1S/C12H16N4O2/c1-7(2)10-8(3)14-12(15-11(10)18)16-5-4-13-9(16)6-17/h4-5,7,17H,6H2,1-3H3,(H,14,15,18). The van der Waals surface area contributed by atoms with Gasteiger partial charge in [0, 0.05) is 18.0 Å². The summed E-state index contributed by atoms with van der Waals surface area (Å²) in [4.78, 5) is 23.1. The summed E-state index contributed by atoms with van der Waals surface area (Å²) in [5, 5.41) is 9.15. The summed E-state index contributed by atoms with van der Waals surface area (Å²) < 4.78 is 1.57. The molecule has 0 fully saturated rings. The summed E-state index contributed by atoms with van der Waals surface area (Å²) in [6, 6.07) is 0. The number of H-pyrrole nitrogens is 1. The first-order chi connectivity index (χ1) is 8.54. The highest BCUT2D eigenvalue weighted by Crippen LogP contribution is 2.13. The number of rotatable bonds is 3. The molecule has 0 bridgehead atoms. The molecule has 0 aliphatic heterocycles. The molecule has 6 nitrogen and oxygen atoms in total. The smallest absolute Gasteiger partial charge is 0.255 e. The highest BCUT2D eigenvalue weighted by molar-refractivity contribution is 5.25. The van der Waals surface area contributed by atoms with E-state index in [0.717, 1.165) is 0 Å². The molecular weight excluding hydrogens is 232 g/mol. The van der Waals surface area contributed by atoms with E-state index >= 15 is 0 Å². The molecule has 2 aromatic rings. The van der Waals surface area contributed by atoms with Crippen molar-refractivity contribution in [3.8, 4) is 5.95 Å². The number of hydrogen-bond donors (Lipinski definition) is 2. The highest BCUT2D eigenvalue weighted by atomic mass is 16.3. The first kappa shape index (κ1) is 12.5. The van der Waals surface area contributed by atoms with Gasteiger partial charge in [0.15, 0.2) is 0 Å². The molecule has 0 aliphatic carbocycles. The second-order valence-corrected chi connectivity index (χ2v) is 4.41. The molecule has 96 valence electrons. The van der Waals surface area contributed by atoms with Crippen LogP contribution in [0.5, 0.6) is 0 Å². The topological polar surface area (TPSA) is 83.8 Å². The van der Waals surface area contributed by atoms with Crippen LogP contribution in [0.25, 0.3) is 5.95 Å². The Morgan fingerprint density at radius 2 is 2.22 bits per heavy atom. The van der Waals surface area contributed by atoms with Gasteiger partial charge >= 0.3 is 0 Å². The monoisotopic (exact) mass is 248 g/mol. The lowest BCUT2D eigenvalue weighted by Crippen LogP contribution is -2.21. The van der Waals surface area contributed by atoms with Crippen molar-refractivity contribution in [2.75, 3.05) is 0 Å². The molecule has 0 aliphatic rings. The molecule has 2 rings (SSSR count). The van der Waals surface area contributed by atoms with Crippen LogP contribution in [0.4, 0.5) is 0 Å². The Balaban J connectivity index is 2.59. The van der Waals surface area contributed by atoms with Gasteiger partial charge in [0.2, 0.25) is 5.95 Å². The van der Waals surface area contributed by atoms with Crippen molar-refractivity contribution < 1.29 is 5.11 Å². The summed E-state index contributed by atoms with van der Waals surface area (Å²) in [7, 11) is 0. The van der Waals surface area contributed by atoms with Crippen molar-refractivity contribution in [2.24, 2.45) is 0 Å². The Morgan fingerprint density at radius 1 is 1.50 bits per heavy atom. The average Bonchev–Trinajstić information content (AvgIpc) is 2.75. The second-order valence-electron chi connectivity index (χ2n) is 4.41. The Hall–Kier alpha value is -1.95. The van der Waals surface area contributed by atoms with E-state index in [0.29, 0.717) is 23.0 Å². The Morgan fingerprint density at radius 3 is 2.78 bits per heavy atom. The Bertz CT molecular complexity index is 613. The van der Waals surface area contributed by atoms with E-state index in [4.69, 9.17) is 5.11 Å². The van der Waals surface area contributed by atoms with Crippen LogP contribution in [0.1, 0.15) is 36.8 Å². The van der Waals surface area contributed by atoms with E-state index in [1.165, 1.54) is 0 Å². The lowest BCUT2D eigenvalue weighted by atomic mass is 10.0. The van der Waals surface area contributed by atoms with Crippen molar-refractivity contribution in [2.45, 2.75) is 33.3 Å². The van der Waals surface area contributed by atoms with Gasteiger partial charge in [-0.3, -0.25) is 14.3 Å². The van der Waals surface area contributed by atoms with E-state index in [2.05, 4.69) is 15.0 Å². The molecule has 0 amide bonds. The molecule has 6 heteroatoms. The fourth-order valence-electron chi connectivity index (χ4n) is 2.02. The molecule has 18 heavy (non-hydrogen) atoms. The second kappa shape index (κ2) is 4.73. The zero-order chi connectivity index (χ0) is 13.3. The number of nitrogens with one attached hydrogen (secondary N) is 1. The zero-order valence-corrected chi connectivity index (χ0v) is 10.6. The molecule has 0 aromatic carbocycles. The molecule has 2 N–H and O–H groups in total. The van der Waals surface area contributed by atoms with Crippen molar-refractivity contribution in [3.63, 3.8) is 0 Å². The van der Waals surface area contributed by atoms with Gasteiger partial charge in [-0.1, -0.05) is 13.8 Å². The molecule has 0 unspecified atom stereocenters. The maximum atomic E-state index is 12.0. The van der Waals surface area contributed by atoms with Crippen LogP contribution in [0.2, 0.25) is 0 Å². The van der Waals surface area contributed by atoms with Crippen molar-refractivity contribution in [3.05, 3.63) is 39.8 Å². The predicted molar refractivity (Wildman–Crippen MR) is 66.7 cm³/mol. The quantitative estimate of drug-likeness (QED) is 0.844. The molecule has 0 atom stereocenters. The third-order valence-electron chi connectivity index (χ3n) is 2.80. The molecule has 0 spiro atoms. The van der Waals surface area contributed by atoms with Crippen LogP contribution in [0, 0.1) is 6.92 Å². The lowest BCUT2D eigenvalue weighted by Gasteiger charge is -2.11. The highest BCUT2D eigenvalue weighted by Gasteiger charge is 2.13. The number of hydrogen-bond acceptors (Lipinski definition) is 4. The maximum Gasteiger partial charge on any atom is 0.255 e. The van der Waals surface area contributed by atoms with Crippen LogP contribution < -0.4 is 5.56 Å². The van der Waals surface area contributed by atoms with Crippen molar-refractivity contribution in [1.29, 1.82) is 0 Å². The first-order valence-corrected chi connectivity index (χ1v) is 5.79. The molecular formula is C12H16N4O2. The molecule has 0 saturated carbocycles. The summed E-state index contributed by atoms with van der Waals surface area (Å²) in [5.41, 5.74) is 1.23. The predicted octanol–water partition coefficient (Wildman–Crippen LogP) is 0.880. The van der Waals surface area contributed by atoms with Gasteiger partial charge in [-0.05, 0) is 12.8 Å². The van der Waals surface area contributed by atoms with E-state index in [-0.39, 0.29) is 18.1 Å². The summed E-state index contributed by atoms with van der Waals surface area (Å²) in [6.07, 6.45) is 3.20. The van der Waals surface area contributed by atoms with Crippen molar-refractivity contribution >= 4 is 0 Å². The third kappa shape index (κ3) is 2.06. The Kier molecular flexibility index (Phi) is 3.29. The van der Waals surface area contributed by atoms with Crippen LogP contribution in [-0.2, 0) is 6.61 Å². The first-order valence-electron chi connectivity index (χ1n) is 5.79. The maximum absolute atomic E-state index is 12.0. The molecule has 2 aromatic heterocycles. The van der Waals surface area contributed by atoms with Crippen LogP contribution in [-0.4, -0.2) is 24.6 Å². The minimum atomic E-state index is -0.207. The molecule has 2 heterocycles. The van der Waals surface area contributed by atoms with Crippen molar-refractivity contribution in [1.82, 2.24) is 19.5 Å². The normalized spacial score (nSPS) is 11.2. The van der Waals surface area contributed by atoms with Gasteiger partial charge < -0.3 is 5.11 Å².